The Morgan fingerprint density at radius 2 is 2.28 bits per heavy atom. The van der Waals surface area contributed by atoms with Gasteiger partial charge in [0.15, 0.2) is 0 Å². The van der Waals surface area contributed by atoms with E-state index in [2.05, 4.69) is 39.3 Å². The standard InChI is InChI=1S/C13H17BrN2OS/c1-9-3-4-11(17-9)7-16(2)12(6-15)13-5-10(14)8-18-13/h3-5,8,12H,6-7,15H2,1-2H3. The van der Waals surface area contributed by atoms with Crippen molar-refractivity contribution < 1.29 is 4.42 Å². The van der Waals surface area contributed by atoms with Gasteiger partial charge in [-0.1, -0.05) is 0 Å². The van der Waals surface area contributed by atoms with E-state index < -0.39 is 0 Å². The zero-order chi connectivity index (χ0) is 13.1. The molecule has 18 heavy (non-hydrogen) atoms. The molecule has 1 atom stereocenters. The molecule has 2 aromatic heterocycles. The van der Waals surface area contributed by atoms with E-state index in [4.69, 9.17) is 10.2 Å². The summed E-state index contributed by atoms with van der Waals surface area (Å²) in [5.41, 5.74) is 5.89. The van der Waals surface area contributed by atoms with Gasteiger partial charge in [-0.25, -0.2) is 0 Å². The Labute approximate surface area is 120 Å². The first-order valence-corrected chi connectivity index (χ1v) is 7.47. The fourth-order valence-corrected chi connectivity index (χ4v) is 3.57. The van der Waals surface area contributed by atoms with E-state index in [1.54, 1.807) is 11.3 Å². The molecule has 0 amide bonds. The molecule has 2 N–H and O–H groups in total. The molecular formula is C13H17BrN2OS. The highest BCUT2D eigenvalue weighted by molar-refractivity contribution is 9.10. The van der Waals surface area contributed by atoms with Gasteiger partial charge in [0.1, 0.15) is 11.5 Å². The highest BCUT2D eigenvalue weighted by Gasteiger charge is 2.18. The maximum atomic E-state index is 5.89. The zero-order valence-electron chi connectivity index (χ0n) is 10.5. The summed E-state index contributed by atoms with van der Waals surface area (Å²) in [5.74, 6) is 1.92. The van der Waals surface area contributed by atoms with Gasteiger partial charge in [0.05, 0.1) is 12.6 Å². The van der Waals surface area contributed by atoms with Crippen LogP contribution in [0, 0.1) is 6.92 Å². The van der Waals surface area contributed by atoms with Crippen molar-refractivity contribution in [3.8, 4) is 0 Å². The Hall–Kier alpha value is -0.620. The first-order valence-electron chi connectivity index (χ1n) is 5.79. The second-order valence-corrected chi connectivity index (χ2v) is 6.20. The number of furan rings is 1. The Morgan fingerprint density at radius 1 is 1.50 bits per heavy atom. The van der Waals surface area contributed by atoms with Crippen LogP contribution < -0.4 is 5.73 Å². The lowest BCUT2D eigenvalue weighted by Gasteiger charge is -2.25. The molecule has 0 aliphatic carbocycles. The van der Waals surface area contributed by atoms with E-state index in [0.29, 0.717) is 6.54 Å². The number of thiophene rings is 1. The first kappa shape index (κ1) is 13.8. The van der Waals surface area contributed by atoms with Gasteiger partial charge < -0.3 is 10.2 Å². The first-order chi connectivity index (χ1) is 8.60. The van der Waals surface area contributed by atoms with E-state index in [9.17, 15) is 0 Å². The van der Waals surface area contributed by atoms with Gasteiger partial charge in [0.25, 0.3) is 0 Å². The van der Waals surface area contributed by atoms with Crippen molar-refractivity contribution >= 4 is 27.3 Å². The van der Waals surface area contributed by atoms with E-state index in [1.165, 1.54) is 4.88 Å². The minimum atomic E-state index is 0.228. The molecule has 2 heterocycles. The number of hydrogen-bond donors (Lipinski definition) is 1. The smallest absolute Gasteiger partial charge is 0.118 e. The number of aryl methyl sites for hydroxylation is 1. The summed E-state index contributed by atoms with van der Waals surface area (Å²) in [6, 6.07) is 6.37. The number of nitrogens with two attached hydrogens (primary N) is 1. The van der Waals surface area contributed by atoms with Crippen molar-refractivity contribution in [2.75, 3.05) is 13.6 Å². The lowest BCUT2D eigenvalue weighted by atomic mass is 10.2. The van der Waals surface area contributed by atoms with Crippen molar-refractivity contribution in [1.29, 1.82) is 0 Å². The zero-order valence-corrected chi connectivity index (χ0v) is 12.9. The molecule has 98 valence electrons. The molecule has 0 saturated heterocycles. The van der Waals surface area contributed by atoms with E-state index in [1.807, 2.05) is 19.1 Å². The van der Waals surface area contributed by atoms with Crippen molar-refractivity contribution in [1.82, 2.24) is 4.90 Å². The van der Waals surface area contributed by atoms with Crippen LogP contribution in [0.4, 0.5) is 0 Å². The maximum absolute atomic E-state index is 5.89. The SMILES string of the molecule is Cc1ccc(CN(C)C(CN)c2cc(Br)cs2)o1. The molecule has 2 aromatic rings. The molecule has 1 unspecified atom stereocenters. The number of nitrogens with zero attached hydrogens (tertiary/aromatic N) is 1. The predicted octanol–water partition coefficient (Wildman–Crippen LogP) is 3.54. The normalized spacial score (nSPS) is 13.2. The molecule has 0 saturated carbocycles. The summed E-state index contributed by atoms with van der Waals surface area (Å²) in [6.45, 7) is 3.33. The molecule has 0 fully saturated rings. The Balaban J connectivity index is 2.08. The molecule has 5 heteroatoms. The van der Waals surface area contributed by atoms with Crippen LogP contribution in [0.3, 0.4) is 0 Å². The Kier molecular flexibility index (Phi) is 4.61. The van der Waals surface area contributed by atoms with Crippen molar-refractivity contribution in [3.05, 3.63) is 44.4 Å². The van der Waals surface area contributed by atoms with Crippen molar-refractivity contribution in [2.45, 2.75) is 19.5 Å². The minimum Gasteiger partial charge on any atom is -0.465 e. The van der Waals surface area contributed by atoms with Crippen LogP contribution >= 0.6 is 27.3 Å². The Bertz CT molecular complexity index is 509. The van der Waals surface area contributed by atoms with Gasteiger partial charge in [-0.05, 0) is 48.1 Å². The van der Waals surface area contributed by atoms with Gasteiger partial charge in [-0.3, -0.25) is 4.90 Å². The number of likely N-dealkylation sites (N-methyl/N-ethyl adjacent to an activating group) is 1. The topological polar surface area (TPSA) is 42.4 Å². The summed E-state index contributed by atoms with van der Waals surface area (Å²) in [6.07, 6.45) is 0. The van der Waals surface area contributed by atoms with Gasteiger partial charge in [-0.2, -0.15) is 0 Å². The average molecular weight is 329 g/mol. The van der Waals surface area contributed by atoms with Crippen LogP contribution in [-0.2, 0) is 6.54 Å². The Morgan fingerprint density at radius 3 is 2.78 bits per heavy atom. The van der Waals surface area contributed by atoms with Crippen LogP contribution in [0.1, 0.15) is 22.4 Å². The average Bonchev–Trinajstić information content (AvgIpc) is 2.89. The molecular weight excluding hydrogens is 312 g/mol. The maximum Gasteiger partial charge on any atom is 0.118 e. The summed E-state index contributed by atoms with van der Waals surface area (Å²) in [7, 11) is 2.07. The van der Waals surface area contributed by atoms with Gasteiger partial charge in [0, 0.05) is 21.3 Å². The van der Waals surface area contributed by atoms with Crippen LogP contribution in [-0.4, -0.2) is 18.5 Å². The molecule has 0 aromatic carbocycles. The molecule has 0 spiro atoms. The third-order valence-corrected chi connectivity index (χ3v) is 4.67. The van der Waals surface area contributed by atoms with Gasteiger partial charge in [0.2, 0.25) is 0 Å². The minimum absolute atomic E-state index is 0.228. The third-order valence-electron chi connectivity index (χ3n) is 2.87. The quantitative estimate of drug-likeness (QED) is 0.912. The second-order valence-electron chi connectivity index (χ2n) is 4.35. The van der Waals surface area contributed by atoms with Crippen LogP contribution in [0.15, 0.2) is 32.5 Å². The largest absolute Gasteiger partial charge is 0.465 e. The van der Waals surface area contributed by atoms with E-state index in [0.717, 1.165) is 22.5 Å². The summed E-state index contributed by atoms with van der Waals surface area (Å²) in [5, 5.41) is 2.09. The van der Waals surface area contributed by atoms with Crippen LogP contribution in [0.2, 0.25) is 0 Å². The van der Waals surface area contributed by atoms with Gasteiger partial charge in [-0.15, -0.1) is 11.3 Å². The molecule has 0 bridgehead atoms. The van der Waals surface area contributed by atoms with Crippen molar-refractivity contribution in [3.63, 3.8) is 0 Å². The molecule has 0 aliphatic heterocycles. The lowest BCUT2D eigenvalue weighted by molar-refractivity contribution is 0.224. The number of rotatable bonds is 5. The van der Waals surface area contributed by atoms with Crippen LogP contribution in [0.25, 0.3) is 0 Å². The summed E-state index contributed by atoms with van der Waals surface area (Å²) in [4.78, 5) is 3.49. The van der Waals surface area contributed by atoms with Crippen molar-refractivity contribution in [2.24, 2.45) is 5.73 Å². The summed E-state index contributed by atoms with van der Waals surface area (Å²) < 4.78 is 6.72. The highest BCUT2D eigenvalue weighted by atomic mass is 79.9. The van der Waals surface area contributed by atoms with Crippen LogP contribution in [0.5, 0.6) is 0 Å². The predicted molar refractivity (Wildman–Crippen MR) is 78.7 cm³/mol. The molecule has 0 aliphatic rings. The molecule has 0 radical (unpaired) electrons. The fraction of sp³-hybridized carbons (Fsp3) is 0.385. The fourth-order valence-electron chi connectivity index (χ4n) is 1.94. The summed E-state index contributed by atoms with van der Waals surface area (Å²) >= 11 is 5.21. The highest BCUT2D eigenvalue weighted by Crippen LogP contribution is 2.29. The molecule has 2 rings (SSSR count). The second kappa shape index (κ2) is 6.02. The molecule has 3 nitrogen and oxygen atoms in total. The number of halogens is 1. The van der Waals surface area contributed by atoms with E-state index >= 15 is 0 Å². The van der Waals surface area contributed by atoms with E-state index in [-0.39, 0.29) is 6.04 Å². The lowest BCUT2D eigenvalue weighted by Crippen LogP contribution is -2.29. The number of hydrogen-bond acceptors (Lipinski definition) is 4. The van der Waals surface area contributed by atoms with Gasteiger partial charge >= 0.3 is 0 Å². The monoisotopic (exact) mass is 328 g/mol. The third kappa shape index (κ3) is 3.23.